The first-order valence-electron chi connectivity index (χ1n) is 8.52. The lowest BCUT2D eigenvalue weighted by Gasteiger charge is -2.12. The van der Waals surface area contributed by atoms with Crippen LogP contribution in [0, 0.1) is 18.3 Å². The number of nitrogens with zero attached hydrogens (tertiary/aromatic N) is 1. The zero-order valence-corrected chi connectivity index (χ0v) is 19.0. The lowest BCUT2D eigenvalue weighted by molar-refractivity contribution is 0.302. The maximum absolute atomic E-state index is 9.57. The Labute approximate surface area is 186 Å². The van der Waals surface area contributed by atoms with Gasteiger partial charge in [0.05, 0.1) is 20.6 Å². The van der Waals surface area contributed by atoms with Gasteiger partial charge in [0.15, 0.2) is 0 Å². The Hall–Kier alpha value is -2.06. The molecule has 3 aromatic carbocycles. The molecule has 0 amide bonds. The molecular formula is C23H16Br2ClNO. The monoisotopic (exact) mass is 515 g/mol. The van der Waals surface area contributed by atoms with Gasteiger partial charge in [-0.2, -0.15) is 5.26 Å². The summed E-state index contributed by atoms with van der Waals surface area (Å²) in [5.41, 5.74) is 4.37. The second-order valence-electron chi connectivity index (χ2n) is 6.24. The van der Waals surface area contributed by atoms with Crippen LogP contribution in [0.25, 0.3) is 11.6 Å². The minimum absolute atomic E-state index is 0.469. The van der Waals surface area contributed by atoms with Gasteiger partial charge in [-0.3, -0.25) is 0 Å². The summed E-state index contributed by atoms with van der Waals surface area (Å²) >= 11 is 13.4. The van der Waals surface area contributed by atoms with Crippen LogP contribution in [0.15, 0.2) is 69.6 Å². The maximum atomic E-state index is 9.57. The molecule has 140 valence electrons. The van der Waals surface area contributed by atoms with E-state index < -0.39 is 0 Å². The molecule has 0 atom stereocenters. The van der Waals surface area contributed by atoms with E-state index in [1.165, 1.54) is 5.56 Å². The summed E-state index contributed by atoms with van der Waals surface area (Å²) in [5.74, 6) is 0.718. The van der Waals surface area contributed by atoms with Gasteiger partial charge in [-0.25, -0.2) is 0 Å². The van der Waals surface area contributed by atoms with E-state index in [1.54, 1.807) is 12.1 Å². The van der Waals surface area contributed by atoms with Crippen LogP contribution in [0.2, 0.25) is 5.02 Å². The number of hydrogen-bond acceptors (Lipinski definition) is 2. The highest BCUT2D eigenvalue weighted by atomic mass is 79.9. The van der Waals surface area contributed by atoms with Gasteiger partial charge in [0.2, 0.25) is 0 Å². The van der Waals surface area contributed by atoms with Crippen LogP contribution in [0.4, 0.5) is 0 Å². The quantitative estimate of drug-likeness (QED) is 0.255. The summed E-state index contributed by atoms with van der Waals surface area (Å²) in [4.78, 5) is 0. The zero-order chi connectivity index (χ0) is 20.1. The molecular weight excluding hydrogens is 502 g/mol. The van der Waals surface area contributed by atoms with Crippen molar-refractivity contribution in [3.8, 4) is 11.8 Å². The van der Waals surface area contributed by atoms with Crippen molar-refractivity contribution in [2.24, 2.45) is 0 Å². The number of aryl methyl sites for hydroxylation is 1. The molecule has 0 aliphatic carbocycles. The zero-order valence-electron chi connectivity index (χ0n) is 15.0. The fraction of sp³-hybridized carbons (Fsp3) is 0.0870. The second-order valence-corrected chi connectivity index (χ2v) is 8.36. The Morgan fingerprint density at radius 2 is 1.79 bits per heavy atom. The van der Waals surface area contributed by atoms with E-state index in [1.807, 2.05) is 42.5 Å². The van der Waals surface area contributed by atoms with E-state index in [4.69, 9.17) is 16.3 Å². The van der Waals surface area contributed by atoms with E-state index in [-0.39, 0.29) is 0 Å². The number of benzene rings is 3. The van der Waals surface area contributed by atoms with Crippen LogP contribution in [0.1, 0.15) is 22.3 Å². The van der Waals surface area contributed by atoms with Gasteiger partial charge in [0, 0.05) is 10.6 Å². The molecule has 0 radical (unpaired) electrons. The number of nitriles is 1. The first-order valence-corrected chi connectivity index (χ1v) is 10.5. The third kappa shape index (κ3) is 5.05. The first-order chi connectivity index (χ1) is 13.5. The predicted molar refractivity (Wildman–Crippen MR) is 122 cm³/mol. The van der Waals surface area contributed by atoms with Gasteiger partial charge in [0.25, 0.3) is 0 Å². The highest BCUT2D eigenvalue weighted by Crippen LogP contribution is 2.36. The second kappa shape index (κ2) is 9.43. The van der Waals surface area contributed by atoms with Crippen LogP contribution in [0.5, 0.6) is 5.75 Å². The molecule has 0 aliphatic heterocycles. The van der Waals surface area contributed by atoms with E-state index in [9.17, 15) is 5.26 Å². The van der Waals surface area contributed by atoms with Gasteiger partial charge < -0.3 is 4.74 Å². The summed E-state index contributed by atoms with van der Waals surface area (Å²) in [5, 5.41) is 10.1. The summed E-state index contributed by atoms with van der Waals surface area (Å²) in [6, 6.07) is 21.6. The minimum Gasteiger partial charge on any atom is -0.487 e. The summed E-state index contributed by atoms with van der Waals surface area (Å²) in [7, 11) is 0. The molecule has 2 nitrogen and oxygen atoms in total. The molecule has 0 unspecified atom stereocenters. The topological polar surface area (TPSA) is 33.0 Å². The highest BCUT2D eigenvalue weighted by Gasteiger charge is 2.11. The van der Waals surface area contributed by atoms with Crippen molar-refractivity contribution >= 4 is 55.1 Å². The Kier molecular flexibility index (Phi) is 6.96. The normalized spacial score (nSPS) is 11.2. The fourth-order valence-corrected chi connectivity index (χ4v) is 4.46. The fourth-order valence-electron chi connectivity index (χ4n) is 2.77. The van der Waals surface area contributed by atoms with E-state index in [0.29, 0.717) is 22.8 Å². The number of ether oxygens (including phenoxy) is 1. The number of halogens is 3. The molecule has 0 saturated carbocycles. The standard InChI is InChI=1S/C23H16Br2ClNO/c1-15-5-4-6-16(9-15)14-28-23-20(24)11-17(12-21(23)25)10-18(13-27)19-7-2-3-8-22(19)26/h2-12H,14H2,1H3. The Morgan fingerprint density at radius 1 is 1.07 bits per heavy atom. The van der Waals surface area contributed by atoms with Crippen LogP contribution >= 0.6 is 43.5 Å². The average Bonchev–Trinajstić information content (AvgIpc) is 2.66. The molecule has 5 heteroatoms. The van der Waals surface area contributed by atoms with Gasteiger partial charge in [0.1, 0.15) is 12.4 Å². The SMILES string of the molecule is Cc1cccc(COc2c(Br)cc(C=C(C#N)c3ccccc3Cl)cc2Br)c1. The van der Waals surface area contributed by atoms with Crippen molar-refractivity contribution in [3.63, 3.8) is 0 Å². The third-order valence-corrected chi connectivity index (χ3v) is 5.59. The van der Waals surface area contributed by atoms with Crippen molar-refractivity contribution < 1.29 is 4.74 Å². The van der Waals surface area contributed by atoms with Crippen molar-refractivity contribution in [2.75, 3.05) is 0 Å². The molecule has 3 rings (SSSR count). The van der Waals surface area contributed by atoms with Gasteiger partial charge in [-0.1, -0.05) is 59.6 Å². The summed E-state index contributed by atoms with van der Waals surface area (Å²) in [6.07, 6.45) is 1.81. The minimum atomic E-state index is 0.469. The third-order valence-electron chi connectivity index (χ3n) is 4.08. The predicted octanol–water partition coefficient (Wildman–Crippen LogP) is 7.82. The van der Waals surface area contributed by atoms with E-state index >= 15 is 0 Å². The molecule has 0 saturated heterocycles. The Bertz CT molecular complexity index is 1060. The van der Waals surface area contributed by atoms with Crippen LogP contribution in [-0.4, -0.2) is 0 Å². The molecule has 3 aromatic rings. The molecule has 0 N–H and O–H groups in total. The van der Waals surface area contributed by atoms with Gasteiger partial charge >= 0.3 is 0 Å². The van der Waals surface area contributed by atoms with E-state index in [2.05, 4.69) is 57.0 Å². The molecule has 28 heavy (non-hydrogen) atoms. The molecule has 0 fully saturated rings. The summed E-state index contributed by atoms with van der Waals surface area (Å²) < 4.78 is 7.60. The number of hydrogen-bond donors (Lipinski definition) is 0. The lowest BCUT2D eigenvalue weighted by atomic mass is 10.0. The Morgan fingerprint density at radius 3 is 2.43 bits per heavy atom. The first kappa shape index (κ1) is 20.7. The molecule has 0 heterocycles. The molecule has 0 bridgehead atoms. The highest BCUT2D eigenvalue weighted by molar-refractivity contribution is 9.11. The van der Waals surface area contributed by atoms with Crippen molar-refractivity contribution in [1.82, 2.24) is 0 Å². The van der Waals surface area contributed by atoms with Crippen LogP contribution in [-0.2, 0) is 6.61 Å². The smallest absolute Gasteiger partial charge is 0.148 e. The van der Waals surface area contributed by atoms with Crippen molar-refractivity contribution in [2.45, 2.75) is 13.5 Å². The summed E-state index contributed by atoms with van der Waals surface area (Å²) in [6.45, 7) is 2.53. The number of rotatable bonds is 5. The molecule has 0 aromatic heterocycles. The van der Waals surface area contributed by atoms with Crippen LogP contribution in [0.3, 0.4) is 0 Å². The Balaban J connectivity index is 1.87. The average molecular weight is 518 g/mol. The van der Waals surface area contributed by atoms with E-state index in [0.717, 1.165) is 25.8 Å². The molecule has 0 spiro atoms. The van der Waals surface area contributed by atoms with Gasteiger partial charge in [-0.15, -0.1) is 0 Å². The van der Waals surface area contributed by atoms with Crippen molar-refractivity contribution in [3.05, 3.63) is 96.9 Å². The number of allylic oxidation sites excluding steroid dienone is 1. The molecule has 0 aliphatic rings. The lowest BCUT2D eigenvalue weighted by Crippen LogP contribution is -1.97. The largest absolute Gasteiger partial charge is 0.487 e. The van der Waals surface area contributed by atoms with Gasteiger partial charge in [-0.05, 0) is 74.2 Å². The van der Waals surface area contributed by atoms with Crippen LogP contribution < -0.4 is 4.74 Å². The van der Waals surface area contributed by atoms with Crippen molar-refractivity contribution in [1.29, 1.82) is 5.26 Å². The maximum Gasteiger partial charge on any atom is 0.148 e.